The second-order valence-electron chi connectivity index (χ2n) is 3.43. The summed E-state index contributed by atoms with van der Waals surface area (Å²) in [6.07, 6.45) is 3.94. The molecule has 0 saturated heterocycles. The first kappa shape index (κ1) is 12.9. The van der Waals surface area contributed by atoms with Gasteiger partial charge in [-0.3, -0.25) is 19.9 Å². The van der Waals surface area contributed by atoms with Crippen molar-refractivity contribution < 1.29 is 14.8 Å². The highest BCUT2D eigenvalue weighted by Gasteiger charge is 2.12. The molecule has 1 aromatic heterocycles. The van der Waals surface area contributed by atoms with Crippen molar-refractivity contribution in [1.82, 2.24) is 4.98 Å². The zero-order chi connectivity index (χ0) is 12.7. The molecule has 17 heavy (non-hydrogen) atoms. The summed E-state index contributed by atoms with van der Waals surface area (Å²) in [4.78, 5) is 24.1. The van der Waals surface area contributed by atoms with Crippen molar-refractivity contribution in [2.45, 2.75) is 19.3 Å². The predicted octanol–water partition coefficient (Wildman–Crippen LogP) is 1.66. The lowest BCUT2D eigenvalue weighted by molar-refractivity contribution is -0.384. The van der Waals surface area contributed by atoms with Crippen LogP contribution in [0.3, 0.4) is 0 Å². The number of aromatic nitrogens is 1. The Morgan fingerprint density at radius 3 is 2.94 bits per heavy atom. The maximum Gasteiger partial charge on any atom is 0.310 e. The first-order chi connectivity index (χ1) is 8.11. The van der Waals surface area contributed by atoms with Crippen molar-refractivity contribution in [2.75, 3.05) is 11.9 Å². The van der Waals surface area contributed by atoms with E-state index in [0.717, 1.165) is 0 Å². The van der Waals surface area contributed by atoms with Gasteiger partial charge in [0.25, 0.3) is 0 Å². The third-order valence-corrected chi connectivity index (χ3v) is 2.13. The van der Waals surface area contributed by atoms with Gasteiger partial charge in [0.2, 0.25) is 0 Å². The van der Waals surface area contributed by atoms with Crippen molar-refractivity contribution in [3.8, 4) is 0 Å². The second kappa shape index (κ2) is 6.41. The van der Waals surface area contributed by atoms with E-state index in [1.807, 2.05) is 0 Å². The van der Waals surface area contributed by atoms with Gasteiger partial charge in [-0.2, -0.15) is 0 Å². The van der Waals surface area contributed by atoms with Crippen molar-refractivity contribution in [2.24, 2.45) is 0 Å². The highest BCUT2D eigenvalue weighted by Crippen LogP contribution is 2.21. The summed E-state index contributed by atoms with van der Waals surface area (Å²) in [6.45, 7) is 0.498. The van der Waals surface area contributed by atoms with Gasteiger partial charge in [-0.05, 0) is 18.9 Å². The predicted molar refractivity (Wildman–Crippen MR) is 60.9 cm³/mol. The van der Waals surface area contributed by atoms with E-state index < -0.39 is 10.9 Å². The number of pyridine rings is 1. The number of nitrogens with zero attached hydrogens (tertiary/aromatic N) is 2. The van der Waals surface area contributed by atoms with Crippen LogP contribution < -0.4 is 5.32 Å². The molecule has 0 bridgehead atoms. The molecule has 0 aliphatic rings. The first-order valence-electron chi connectivity index (χ1n) is 5.15. The van der Waals surface area contributed by atoms with Crippen LogP contribution in [-0.4, -0.2) is 27.5 Å². The molecule has 0 fully saturated rings. The topological polar surface area (TPSA) is 105 Å². The fourth-order valence-corrected chi connectivity index (χ4v) is 1.31. The molecule has 7 nitrogen and oxygen atoms in total. The highest BCUT2D eigenvalue weighted by atomic mass is 16.6. The van der Waals surface area contributed by atoms with Gasteiger partial charge in [0.05, 0.1) is 4.92 Å². The van der Waals surface area contributed by atoms with Gasteiger partial charge in [0, 0.05) is 19.2 Å². The summed E-state index contributed by atoms with van der Waals surface area (Å²) in [6, 6.07) is 1.52. The Balaban J connectivity index is 2.41. The van der Waals surface area contributed by atoms with Gasteiger partial charge in [-0.15, -0.1) is 0 Å². The molecule has 0 spiro atoms. The largest absolute Gasteiger partial charge is 0.481 e. The van der Waals surface area contributed by atoms with Crippen molar-refractivity contribution >= 4 is 17.3 Å². The molecule has 1 heterocycles. The quantitative estimate of drug-likeness (QED) is 0.426. The normalized spacial score (nSPS) is 9.88. The lowest BCUT2D eigenvalue weighted by Gasteiger charge is -2.05. The molecule has 0 aromatic carbocycles. The van der Waals surface area contributed by atoms with Crippen LogP contribution in [0.25, 0.3) is 0 Å². The maximum atomic E-state index is 10.6. The van der Waals surface area contributed by atoms with E-state index in [-0.39, 0.29) is 12.1 Å². The van der Waals surface area contributed by atoms with E-state index in [1.54, 1.807) is 0 Å². The summed E-state index contributed by atoms with van der Waals surface area (Å²) in [5.41, 5.74) is 0.325. The number of unbranched alkanes of at least 4 members (excludes halogenated alkanes) is 1. The van der Waals surface area contributed by atoms with E-state index >= 15 is 0 Å². The molecule has 92 valence electrons. The number of carboxylic acids is 1. The van der Waals surface area contributed by atoms with Crippen LogP contribution in [0.1, 0.15) is 19.3 Å². The molecule has 0 aliphatic carbocycles. The Morgan fingerprint density at radius 1 is 1.53 bits per heavy atom. The minimum absolute atomic E-state index is 0.0780. The molecule has 0 aliphatic heterocycles. The molecule has 1 aromatic rings. The Kier molecular flexibility index (Phi) is 4.86. The number of carbonyl (C=O) groups is 1. The van der Waals surface area contributed by atoms with Gasteiger partial charge < -0.3 is 10.4 Å². The van der Waals surface area contributed by atoms with E-state index in [2.05, 4.69) is 10.3 Å². The molecule has 0 atom stereocenters. The molecule has 0 radical (unpaired) electrons. The number of nitrogens with one attached hydrogen (secondary N) is 1. The van der Waals surface area contributed by atoms with E-state index in [9.17, 15) is 14.9 Å². The summed E-state index contributed by atoms with van der Waals surface area (Å²) >= 11 is 0. The molecule has 7 heteroatoms. The Hall–Kier alpha value is -2.18. The zero-order valence-corrected chi connectivity index (χ0v) is 9.13. The average molecular weight is 239 g/mol. The van der Waals surface area contributed by atoms with Gasteiger partial charge in [-0.1, -0.05) is 0 Å². The van der Waals surface area contributed by atoms with Gasteiger partial charge in [-0.25, -0.2) is 0 Å². The minimum Gasteiger partial charge on any atom is -0.481 e. The SMILES string of the molecule is O=C(O)CCCCNc1ccncc1[N+](=O)[O-]. The maximum absolute atomic E-state index is 10.6. The number of hydrogen-bond donors (Lipinski definition) is 2. The number of rotatable bonds is 7. The first-order valence-corrected chi connectivity index (χ1v) is 5.15. The van der Waals surface area contributed by atoms with Crippen LogP contribution in [0.15, 0.2) is 18.5 Å². The van der Waals surface area contributed by atoms with Gasteiger partial charge in [0.1, 0.15) is 11.9 Å². The molecule has 0 amide bonds. The number of aliphatic carboxylic acids is 1. The standard InChI is InChI=1S/C10H13N3O4/c14-10(15)3-1-2-5-12-8-4-6-11-7-9(8)13(16)17/h4,6-7H,1-3,5H2,(H,11,12)(H,14,15). The summed E-state index contributed by atoms with van der Waals surface area (Å²) in [7, 11) is 0. The Labute approximate surface area is 97.6 Å². The number of anilines is 1. The fraction of sp³-hybridized carbons (Fsp3) is 0.400. The average Bonchev–Trinajstić information content (AvgIpc) is 2.28. The Morgan fingerprint density at radius 2 is 2.29 bits per heavy atom. The van der Waals surface area contributed by atoms with E-state index in [1.165, 1.54) is 18.5 Å². The molecule has 0 unspecified atom stereocenters. The molecule has 1 rings (SSSR count). The Bertz CT molecular complexity index is 408. The number of nitro groups is 1. The monoisotopic (exact) mass is 239 g/mol. The fourth-order valence-electron chi connectivity index (χ4n) is 1.31. The molecule has 0 saturated carbocycles. The van der Waals surface area contributed by atoms with Crippen LogP contribution in [0.5, 0.6) is 0 Å². The minimum atomic E-state index is -0.833. The number of carboxylic acid groups (broad SMARTS) is 1. The summed E-state index contributed by atoms with van der Waals surface area (Å²) < 4.78 is 0. The smallest absolute Gasteiger partial charge is 0.310 e. The van der Waals surface area contributed by atoms with Crippen LogP contribution in [0.4, 0.5) is 11.4 Å². The van der Waals surface area contributed by atoms with Crippen molar-refractivity contribution in [3.05, 3.63) is 28.6 Å². The lowest BCUT2D eigenvalue weighted by atomic mass is 10.2. The summed E-state index contributed by atoms with van der Waals surface area (Å²) in [5, 5.41) is 22.0. The molecular weight excluding hydrogens is 226 g/mol. The lowest BCUT2D eigenvalue weighted by Crippen LogP contribution is -2.05. The van der Waals surface area contributed by atoms with Crippen LogP contribution in [-0.2, 0) is 4.79 Å². The highest BCUT2D eigenvalue weighted by molar-refractivity contribution is 5.66. The third kappa shape index (κ3) is 4.45. The summed E-state index contributed by atoms with van der Waals surface area (Å²) in [5.74, 6) is -0.833. The van der Waals surface area contributed by atoms with E-state index in [0.29, 0.717) is 25.1 Å². The second-order valence-corrected chi connectivity index (χ2v) is 3.43. The van der Waals surface area contributed by atoms with Gasteiger partial charge in [0.15, 0.2) is 0 Å². The third-order valence-electron chi connectivity index (χ3n) is 2.13. The van der Waals surface area contributed by atoms with Crippen molar-refractivity contribution in [3.63, 3.8) is 0 Å². The van der Waals surface area contributed by atoms with Crippen LogP contribution in [0.2, 0.25) is 0 Å². The zero-order valence-electron chi connectivity index (χ0n) is 9.13. The van der Waals surface area contributed by atoms with Gasteiger partial charge >= 0.3 is 11.7 Å². The number of hydrogen-bond acceptors (Lipinski definition) is 5. The van der Waals surface area contributed by atoms with Crippen LogP contribution in [0, 0.1) is 10.1 Å². The molecular formula is C10H13N3O4. The van der Waals surface area contributed by atoms with E-state index in [4.69, 9.17) is 5.11 Å². The van der Waals surface area contributed by atoms with Crippen LogP contribution >= 0.6 is 0 Å². The van der Waals surface area contributed by atoms with Crippen molar-refractivity contribution in [1.29, 1.82) is 0 Å². The molecule has 2 N–H and O–H groups in total.